The Morgan fingerprint density at radius 2 is 1.86 bits per heavy atom. The highest BCUT2D eigenvalue weighted by molar-refractivity contribution is 7.89. The maximum atomic E-state index is 12.9. The maximum Gasteiger partial charge on any atom is 0.303 e. The average molecular weight is 422 g/mol. The summed E-state index contributed by atoms with van der Waals surface area (Å²) in [6.45, 7) is 0.279. The van der Waals surface area contributed by atoms with Gasteiger partial charge in [0, 0.05) is 24.2 Å². The van der Waals surface area contributed by atoms with Gasteiger partial charge in [0.05, 0.1) is 4.90 Å². The number of carbonyl (C=O) groups is 1. The Morgan fingerprint density at radius 1 is 1.14 bits per heavy atom. The van der Waals surface area contributed by atoms with Crippen LogP contribution in [-0.4, -0.2) is 38.5 Å². The highest BCUT2D eigenvalue weighted by atomic mass is 32.2. The number of carboxylic acid groups (broad SMARTS) is 1. The molecule has 0 atom stereocenters. The van der Waals surface area contributed by atoms with E-state index in [1.54, 1.807) is 24.3 Å². The van der Waals surface area contributed by atoms with Crippen LogP contribution >= 0.6 is 0 Å². The van der Waals surface area contributed by atoms with Crippen molar-refractivity contribution in [1.82, 2.24) is 4.72 Å². The molecule has 0 heterocycles. The van der Waals surface area contributed by atoms with Crippen LogP contribution in [0.1, 0.15) is 24.8 Å². The van der Waals surface area contributed by atoms with Gasteiger partial charge in [-0.3, -0.25) is 4.79 Å². The van der Waals surface area contributed by atoms with Gasteiger partial charge >= 0.3 is 5.97 Å². The molecule has 0 saturated heterocycles. The SMILES string of the molecule is NC(=NCNc1ccc(F)cc1)c1cccc(S(=O)(=O)NCCCCC(=O)O)c1. The fourth-order valence-electron chi connectivity index (χ4n) is 2.39. The number of aliphatic carboxylic acids is 1. The van der Waals surface area contributed by atoms with E-state index in [0.29, 0.717) is 24.1 Å². The first kappa shape index (κ1) is 22.3. The minimum atomic E-state index is -3.74. The normalized spacial score (nSPS) is 12.0. The molecule has 0 bridgehead atoms. The molecule has 0 aliphatic heterocycles. The van der Waals surface area contributed by atoms with Crippen LogP contribution in [0.15, 0.2) is 58.4 Å². The van der Waals surface area contributed by atoms with E-state index in [-0.39, 0.29) is 36.2 Å². The summed E-state index contributed by atoms with van der Waals surface area (Å²) in [4.78, 5) is 14.7. The van der Waals surface area contributed by atoms with Gasteiger partial charge in [-0.05, 0) is 49.2 Å². The lowest BCUT2D eigenvalue weighted by Gasteiger charge is -2.09. The summed E-state index contributed by atoms with van der Waals surface area (Å²) in [5.41, 5.74) is 7.06. The van der Waals surface area contributed by atoms with Crippen molar-refractivity contribution in [3.8, 4) is 0 Å². The van der Waals surface area contributed by atoms with Crippen molar-refractivity contribution in [1.29, 1.82) is 0 Å². The van der Waals surface area contributed by atoms with Crippen LogP contribution in [0.2, 0.25) is 0 Å². The Balaban J connectivity index is 1.95. The molecule has 8 nitrogen and oxygen atoms in total. The smallest absolute Gasteiger partial charge is 0.303 e. The Bertz CT molecular complexity index is 962. The third-order valence-electron chi connectivity index (χ3n) is 3.93. The molecule has 0 radical (unpaired) electrons. The van der Waals surface area contributed by atoms with Crippen molar-refractivity contribution in [3.63, 3.8) is 0 Å². The van der Waals surface area contributed by atoms with Gasteiger partial charge in [0.15, 0.2) is 0 Å². The zero-order valence-corrected chi connectivity index (χ0v) is 16.5. The van der Waals surface area contributed by atoms with E-state index in [9.17, 15) is 17.6 Å². The molecule has 0 amide bonds. The van der Waals surface area contributed by atoms with Crippen LogP contribution in [0.5, 0.6) is 0 Å². The van der Waals surface area contributed by atoms with Gasteiger partial charge in [0.2, 0.25) is 10.0 Å². The molecule has 0 aliphatic rings. The number of anilines is 1. The standard InChI is InChI=1S/C19H23FN4O4S/c20-15-7-9-16(10-8-15)22-13-23-19(21)14-4-3-5-17(12-14)29(27,28)24-11-2-1-6-18(25)26/h3-5,7-10,12,22,24H,1-2,6,11,13H2,(H2,21,23)(H,25,26). The number of nitrogens with two attached hydrogens (primary N) is 1. The fraction of sp³-hybridized carbons (Fsp3) is 0.263. The minimum absolute atomic E-state index is 0.00380. The molecular formula is C19H23FN4O4S. The molecule has 29 heavy (non-hydrogen) atoms. The molecule has 2 aromatic carbocycles. The summed E-state index contributed by atoms with van der Waals surface area (Å²) in [5.74, 6) is -1.10. The van der Waals surface area contributed by atoms with Crippen molar-refractivity contribution in [2.24, 2.45) is 10.7 Å². The third-order valence-corrected chi connectivity index (χ3v) is 5.39. The number of nitrogens with one attached hydrogen (secondary N) is 2. The summed E-state index contributed by atoms with van der Waals surface area (Å²) >= 11 is 0. The van der Waals surface area contributed by atoms with Gasteiger partial charge in [-0.1, -0.05) is 12.1 Å². The molecular weight excluding hydrogens is 399 g/mol. The minimum Gasteiger partial charge on any atom is -0.481 e. The largest absolute Gasteiger partial charge is 0.481 e. The van der Waals surface area contributed by atoms with Crippen LogP contribution in [0.3, 0.4) is 0 Å². The van der Waals surface area contributed by atoms with E-state index in [0.717, 1.165) is 0 Å². The van der Waals surface area contributed by atoms with Crippen molar-refractivity contribution in [3.05, 3.63) is 59.9 Å². The molecule has 156 valence electrons. The van der Waals surface area contributed by atoms with E-state index >= 15 is 0 Å². The van der Waals surface area contributed by atoms with Crippen molar-refractivity contribution >= 4 is 27.5 Å². The molecule has 5 N–H and O–H groups in total. The predicted octanol–water partition coefficient (Wildman–Crippen LogP) is 2.13. The molecule has 0 aromatic heterocycles. The van der Waals surface area contributed by atoms with Gasteiger partial charge in [0.25, 0.3) is 0 Å². The van der Waals surface area contributed by atoms with Crippen LogP contribution in [0.4, 0.5) is 10.1 Å². The number of unbranched alkanes of at least 4 members (excludes halogenated alkanes) is 1. The Kier molecular flexibility index (Phi) is 8.10. The van der Waals surface area contributed by atoms with E-state index in [1.165, 1.54) is 24.3 Å². The van der Waals surface area contributed by atoms with E-state index in [4.69, 9.17) is 10.8 Å². The predicted molar refractivity (Wildman–Crippen MR) is 109 cm³/mol. The Hall–Kier alpha value is -2.98. The lowest BCUT2D eigenvalue weighted by Crippen LogP contribution is -2.25. The zero-order chi connectivity index (χ0) is 21.3. The van der Waals surface area contributed by atoms with E-state index < -0.39 is 16.0 Å². The Labute approximate surface area is 168 Å². The van der Waals surface area contributed by atoms with Crippen LogP contribution in [0, 0.1) is 5.82 Å². The zero-order valence-electron chi connectivity index (χ0n) is 15.6. The number of sulfonamides is 1. The number of halogens is 1. The number of carboxylic acids is 1. The van der Waals surface area contributed by atoms with Crippen molar-refractivity contribution < 1.29 is 22.7 Å². The van der Waals surface area contributed by atoms with Crippen LogP contribution < -0.4 is 15.8 Å². The average Bonchev–Trinajstić information content (AvgIpc) is 2.69. The van der Waals surface area contributed by atoms with Crippen molar-refractivity contribution in [2.75, 3.05) is 18.5 Å². The lowest BCUT2D eigenvalue weighted by molar-refractivity contribution is -0.137. The monoisotopic (exact) mass is 422 g/mol. The van der Waals surface area contributed by atoms with Gasteiger partial charge in [0.1, 0.15) is 18.3 Å². The molecule has 0 aliphatic carbocycles. The first-order chi connectivity index (χ1) is 13.8. The number of amidine groups is 1. The van der Waals surface area contributed by atoms with E-state index in [1.807, 2.05) is 0 Å². The Morgan fingerprint density at radius 3 is 2.55 bits per heavy atom. The number of hydrogen-bond acceptors (Lipinski definition) is 5. The number of hydrogen-bond donors (Lipinski definition) is 4. The molecule has 2 aromatic rings. The highest BCUT2D eigenvalue weighted by Crippen LogP contribution is 2.12. The third kappa shape index (κ3) is 7.51. The molecule has 0 spiro atoms. The summed E-state index contributed by atoms with van der Waals surface area (Å²) in [5, 5.41) is 11.5. The van der Waals surface area contributed by atoms with E-state index in [2.05, 4.69) is 15.0 Å². The molecule has 10 heteroatoms. The molecule has 0 saturated carbocycles. The topological polar surface area (TPSA) is 134 Å². The summed E-state index contributed by atoms with van der Waals surface area (Å²) < 4.78 is 40.1. The number of aliphatic imine (C=N–C) groups is 1. The van der Waals surface area contributed by atoms with Crippen molar-refractivity contribution in [2.45, 2.75) is 24.2 Å². The van der Waals surface area contributed by atoms with Crippen LogP contribution in [-0.2, 0) is 14.8 Å². The van der Waals surface area contributed by atoms with Crippen LogP contribution in [0.25, 0.3) is 0 Å². The summed E-state index contributed by atoms with van der Waals surface area (Å²) in [6, 6.07) is 11.8. The lowest BCUT2D eigenvalue weighted by atomic mass is 10.2. The fourth-order valence-corrected chi connectivity index (χ4v) is 3.51. The second-order valence-electron chi connectivity index (χ2n) is 6.16. The van der Waals surface area contributed by atoms with Gasteiger partial charge in [-0.25, -0.2) is 22.5 Å². The second-order valence-corrected chi connectivity index (χ2v) is 7.93. The van der Waals surface area contributed by atoms with Gasteiger partial charge < -0.3 is 16.2 Å². The molecule has 2 rings (SSSR count). The second kappa shape index (κ2) is 10.5. The van der Waals surface area contributed by atoms with Gasteiger partial charge in [-0.2, -0.15) is 0 Å². The van der Waals surface area contributed by atoms with Gasteiger partial charge in [-0.15, -0.1) is 0 Å². The number of benzene rings is 2. The highest BCUT2D eigenvalue weighted by Gasteiger charge is 2.14. The number of nitrogens with zero attached hydrogens (tertiary/aromatic N) is 1. The number of rotatable bonds is 11. The quantitative estimate of drug-likeness (QED) is 0.249. The first-order valence-electron chi connectivity index (χ1n) is 8.89. The molecule has 0 fully saturated rings. The summed E-state index contributed by atoms with van der Waals surface area (Å²) in [7, 11) is -3.74. The maximum absolute atomic E-state index is 12.9. The summed E-state index contributed by atoms with van der Waals surface area (Å²) in [6.07, 6.45) is 0.804. The molecule has 0 unspecified atom stereocenters. The first-order valence-corrected chi connectivity index (χ1v) is 10.4.